The van der Waals surface area contributed by atoms with Crippen LogP contribution in [0.15, 0.2) is 83.8 Å². The van der Waals surface area contributed by atoms with Crippen molar-refractivity contribution in [3.63, 3.8) is 0 Å². The Morgan fingerprint density at radius 1 is 0.972 bits per heavy atom. The molecule has 0 saturated carbocycles. The molecule has 0 spiro atoms. The van der Waals surface area contributed by atoms with E-state index in [-0.39, 0.29) is 10.9 Å². The lowest BCUT2D eigenvalue weighted by atomic mass is 9.80. The number of hydrogen-bond acceptors (Lipinski definition) is 5. The van der Waals surface area contributed by atoms with E-state index in [0.29, 0.717) is 19.4 Å². The van der Waals surface area contributed by atoms with Gasteiger partial charge in [0.25, 0.3) is 0 Å². The van der Waals surface area contributed by atoms with Crippen LogP contribution in [-0.2, 0) is 20.2 Å². The molecule has 3 aromatic rings. The first-order valence-corrected chi connectivity index (χ1v) is 14.0. The molecule has 1 heterocycles. The molecule has 0 radical (unpaired) electrons. The van der Waals surface area contributed by atoms with Crippen LogP contribution in [0.1, 0.15) is 50.8 Å². The average Bonchev–Trinajstić information content (AvgIpc) is 2.83. The largest absolute Gasteiger partial charge is 0.438 e. The molecule has 190 valence electrons. The van der Waals surface area contributed by atoms with Crippen molar-refractivity contribution in [3.8, 4) is 11.1 Å². The van der Waals surface area contributed by atoms with Crippen LogP contribution in [0.3, 0.4) is 0 Å². The van der Waals surface area contributed by atoms with E-state index < -0.39 is 27.1 Å². The predicted octanol–water partition coefficient (Wildman–Crippen LogP) is 5.72. The molecular weight excluding hydrogens is 474 g/mol. The maximum Gasteiger partial charge on any atom is 0.411 e. The van der Waals surface area contributed by atoms with Crippen molar-refractivity contribution in [1.29, 1.82) is 0 Å². The molecule has 1 aliphatic heterocycles. The summed E-state index contributed by atoms with van der Waals surface area (Å²) >= 11 is 0. The lowest BCUT2D eigenvalue weighted by Gasteiger charge is -2.45. The van der Waals surface area contributed by atoms with Gasteiger partial charge >= 0.3 is 6.09 Å². The van der Waals surface area contributed by atoms with E-state index in [4.69, 9.17) is 4.74 Å². The third kappa shape index (κ3) is 5.63. The van der Waals surface area contributed by atoms with E-state index in [2.05, 4.69) is 0 Å². The van der Waals surface area contributed by atoms with E-state index >= 15 is 0 Å². The van der Waals surface area contributed by atoms with Gasteiger partial charge in [-0.1, -0.05) is 66.7 Å². The van der Waals surface area contributed by atoms with Gasteiger partial charge in [0, 0.05) is 25.6 Å². The minimum atomic E-state index is -3.24. The molecule has 4 rings (SSSR count). The molecule has 0 aliphatic carbocycles. The minimum Gasteiger partial charge on any atom is -0.438 e. The van der Waals surface area contributed by atoms with Crippen molar-refractivity contribution in [2.45, 2.75) is 55.8 Å². The standard InChI is InChI=1S/C29H33NO5S/c1-21(22-10-12-23(13-11-22)24-14-16-26(17-15-24)36(4,33)34)30-19-18-29(35-27(30)31,20-28(2,3)32)25-8-6-5-7-9-25/h5-17,21,32H,18-20H2,1-4H3/t21-,29?/m0/s1. The normalized spacial score (nSPS) is 19.6. The van der Waals surface area contributed by atoms with Gasteiger partial charge in [0.05, 0.1) is 16.5 Å². The summed E-state index contributed by atoms with van der Waals surface area (Å²) in [6.07, 6.45) is 1.67. The highest BCUT2D eigenvalue weighted by Gasteiger charge is 2.46. The summed E-state index contributed by atoms with van der Waals surface area (Å²) in [6.45, 7) is 5.94. The first kappa shape index (κ1) is 25.9. The number of carbonyl (C=O) groups is 1. The van der Waals surface area contributed by atoms with E-state index in [1.807, 2.05) is 61.5 Å². The first-order valence-electron chi connectivity index (χ1n) is 12.1. The fourth-order valence-electron chi connectivity index (χ4n) is 4.92. The Balaban J connectivity index is 1.51. The summed E-state index contributed by atoms with van der Waals surface area (Å²) in [5.41, 5.74) is 1.85. The molecular formula is C29H33NO5S. The van der Waals surface area contributed by atoms with Crippen LogP contribution in [0.5, 0.6) is 0 Å². The van der Waals surface area contributed by atoms with Gasteiger partial charge in [0.1, 0.15) is 5.60 Å². The number of ether oxygens (including phenoxy) is 1. The maximum atomic E-state index is 13.3. The molecule has 1 saturated heterocycles. The van der Waals surface area contributed by atoms with Gasteiger partial charge in [-0.15, -0.1) is 0 Å². The van der Waals surface area contributed by atoms with Gasteiger partial charge in [0.2, 0.25) is 0 Å². The van der Waals surface area contributed by atoms with E-state index in [1.165, 1.54) is 6.26 Å². The zero-order chi connectivity index (χ0) is 26.1. The zero-order valence-corrected chi connectivity index (χ0v) is 22.0. The lowest BCUT2D eigenvalue weighted by Crippen LogP contribution is -2.51. The second-order valence-electron chi connectivity index (χ2n) is 10.3. The lowest BCUT2D eigenvalue weighted by molar-refractivity contribution is -0.101. The van der Waals surface area contributed by atoms with Gasteiger partial charge in [-0.3, -0.25) is 0 Å². The van der Waals surface area contributed by atoms with Gasteiger partial charge in [-0.2, -0.15) is 0 Å². The number of aliphatic hydroxyl groups is 1. The number of carbonyl (C=O) groups excluding carboxylic acids is 1. The van der Waals surface area contributed by atoms with Crippen molar-refractivity contribution in [3.05, 3.63) is 90.0 Å². The molecule has 1 aliphatic rings. The molecule has 3 aromatic carbocycles. The molecule has 6 nitrogen and oxygen atoms in total. The molecule has 1 N–H and O–H groups in total. The van der Waals surface area contributed by atoms with Crippen molar-refractivity contribution < 1.29 is 23.1 Å². The summed E-state index contributed by atoms with van der Waals surface area (Å²) in [4.78, 5) is 15.3. The van der Waals surface area contributed by atoms with Crippen LogP contribution in [0, 0.1) is 0 Å². The number of nitrogens with zero attached hydrogens (tertiary/aromatic N) is 1. The number of hydrogen-bond donors (Lipinski definition) is 1. The monoisotopic (exact) mass is 507 g/mol. The van der Waals surface area contributed by atoms with Crippen LogP contribution >= 0.6 is 0 Å². The van der Waals surface area contributed by atoms with Crippen molar-refractivity contribution >= 4 is 15.9 Å². The van der Waals surface area contributed by atoms with Crippen LogP contribution in [0.25, 0.3) is 11.1 Å². The highest BCUT2D eigenvalue weighted by molar-refractivity contribution is 7.90. The molecule has 0 aromatic heterocycles. The Kier molecular flexibility index (Phi) is 6.99. The quantitative estimate of drug-likeness (QED) is 0.442. The molecule has 0 bridgehead atoms. The summed E-state index contributed by atoms with van der Waals surface area (Å²) in [5.74, 6) is 0. The van der Waals surface area contributed by atoms with E-state index in [9.17, 15) is 18.3 Å². The second-order valence-corrected chi connectivity index (χ2v) is 12.3. The Hall–Kier alpha value is -3.16. The Bertz CT molecular complexity index is 1310. The third-order valence-electron chi connectivity index (χ3n) is 6.77. The summed E-state index contributed by atoms with van der Waals surface area (Å²) in [5, 5.41) is 10.6. The summed E-state index contributed by atoms with van der Waals surface area (Å²) in [6, 6.07) is 24.2. The average molecular weight is 508 g/mol. The van der Waals surface area contributed by atoms with Crippen molar-refractivity contribution in [2.75, 3.05) is 12.8 Å². The number of cyclic esters (lactones) is 1. The van der Waals surface area contributed by atoms with E-state index in [0.717, 1.165) is 22.3 Å². The SMILES string of the molecule is C[C@@H](c1ccc(-c2ccc(S(C)(=O)=O)cc2)cc1)N1CCC(CC(C)(C)O)(c2ccccc2)OC1=O. The van der Waals surface area contributed by atoms with Crippen LogP contribution in [0.4, 0.5) is 4.79 Å². The molecule has 1 unspecified atom stereocenters. The fourth-order valence-corrected chi connectivity index (χ4v) is 5.55. The number of benzene rings is 3. The van der Waals surface area contributed by atoms with Gasteiger partial charge in [-0.25, -0.2) is 13.2 Å². The van der Waals surface area contributed by atoms with Gasteiger partial charge in [-0.05, 0) is 55.2 Å². The third-order valence-corrected chi connectivity index (χ3v) is 7.90. The number of sulfone groups is 1. The van der Waals surface area contributed by atoms with Crippen LogP contribution in [-0.4, -0.2) is 42.9 Å². The molecule has 1 amide bonds. The van der Waals surface area contributed by atoms with Crippen LogP contribution < -0.4 is 0 Å². The molecule has 2 atom stereocenters. The van der Waals surface area contributed by atoms with E-state index in [1.54, 1.807) is 43.0 Å². The van der Waals surface area contributed by atoms with Gasteiger partial charge in [0.15, 0.2) is 9.84 Å². The zero-order valence-electron chi connectivity index (χ0n) is 21.1. The molecule has 36 heavy (non-hydrogen) atoms. The highest BCUT2D eigenvalue weighted by atomic mass is 32.2. The number of amides is 1. The van der Waals surface area contributed by atoms with Gasteiger partial charge < -0.3 is 14.7 Å². The predicted molar refractivity (Wildman–Crippen MR) is 140 cm³/mol. The van der Waals surface area contributed by atoms with Crippen LogP contribution in [0.2, 0.25) is 0 Å². The Labute approximate surface area is 213 Å². The Morgan fingerprint density at radius 2 is 1.53 bits per heavy atom. The maximum absolute atomic E-state index is 13.3. The number of rotatable bonds is 7. The van der Waals surface area contributed by atoms with Crippen molar-refractivity contribution in [2.24, 2.45) is 0 Å². The minimum absolute atomic E-state index is 0.199. The molecule has 1 fully saturated rings. The summed E-state index contributed by atoms with van der Waals surface area (Å²) in [7, 11) is -3.24. The topological polar surface area (TPSA) is 83.9 Å². The highest BCUT2D eigenvalue weighted by Crippen LogP contribution is 2.42. The van der Waals surface area contributed by atoms with Crippen molar-refractivity contribution in [1.82, 2.24) is 4.90 Å². The Morgan fingerprint density at radius 3 is 2.03 bits per heavy atom. The molecule has 7 heteroatoms. The fraction of sp³-hybridized carbons (Fsp3) is 0.345. The smallest absolute Gasteiger partial charge is 0.411 e. The summed E-state index contributed by atoms with van der Waals surface area (Å²) < 4.78 is 29.5. The second kappa shape index (κ2) is 9.71. The first-order chi connectivity index (χ1) is 16.9.